The zero-order chi connectivity index (χ0) is 16.9. The van der Waals surface area contributed by atoms with Gasteiger partial charge < -0.3 is 14.4 Å². The number of amides is 1. The van der Waals surface area contributed by atoms with Gasteiger partial charge in [0.15, 0.2) is 12.1 Å². The third-order valence-corrected chi connectivity index (χ3v) is 5.19. The van der Waals surface area contributed by atoms with E-state index in [0.29, 0.717) is 24.7 Å². The lowest BCUT2D eigenvalue weighted by atomic mass is 9.95. The number of benzene rings is 1. The Morgan fingerprint density at radius 2 is 1.67 bits per heavy atom. The number of ether oxygens (including phenoxy) is 2. The number of halogens is 1. The molecule has 2 aliphatic rings. The van der Waals surface area contributed by atoms with Gasteiger partial charge in [-0.25, -0.2) is 0 Å². The van der Waals surface area contributed by atoms with Crippen molar-refractivity contribution in [2.24, 2.45) is 5.92 Å². The lowest BCUT2D eigenvalue weighted by molar-refractivity contribution is -0.136. The van der Waals surface area contributed by atoms with Gasteiger partial charge >= 0.3 is 0 Å². The normalized spacial score (nSPS) is 19.6. The number of rotatable bonds is 5. The van der Waals surface area contributed by atoms with Crippen LogP contribution in [0.15, 0.2) is 28.7 Å². The van der Waals surface area contributed by atoms with Gasteiger partial charge in [-0.2, -0.15) is 0 Å². The van der Waals surface area contributed by atoms with Crippen LogP contribution in [0.2, 0.25) is 0 Å². The Balaban J connectivity index is 1.42. The van der Waals surface area contributed by atoms with Crippen LogP contribution in [0.1, 0.15) is 36.0 Å². The van der Waals surface area contributed by atoms with Gasteiger partial charge in [0.25, 0.3) is 0 Å². The van der Waals surface area contributed by atoms with E-state index in [9.17, 15) is 9.59 Å². The first-order valence-electron chi connectivity index (χ1n) is 8.43. The third kappa shape index (κ3) is 4.43. The van der Waals surface area contributed by atoms with E-state index in [0.717, 1.165) is 30.4 Å². The minimum atomic E-state index is -0.0961. The molecular weight excluding hydrogens is 374 g/mol. The smallest absolute Gasteiger partial charge is 0.223 e. The number of nitrogens with zero attached hydrogens (tertiary/aromatic N) is 1. The van der Waals surface area contributed by atoms with Gasteiger partial charge in [0.1, 0.15) is 0 Å². The Hall–Kier alpha value is -1.24. The summed E-state index contributed by atoms with van der Waals surface area (Å²) in [5.41, 5.74) is 0.653. The summed E-state index contributed by atoms with van der Waals surface area (Å²) >= 11 is 3.35. The molecule has 2 aliphatic heterocycles. The van der Waals surface area contributed by atoms with Crippen molar-refractivity contribution in [3.8, 4) is 0 Å². The molecule has 2 saturated heterocycles. The van der Waals surface area contributed by atoms with Crippen LogP contribution in [0.3, 0.4) is 0 Å². The largest absolute Gasteiger partial charge is 0.350 e. The highest BCUT2D eigenvalue weighted by Crippen LogP contribution is 2.26. The number of Topliss-reactive ketones (excluding diaryl/α,β-unsaturated/α-hetero) is 1. The molecule has 0 spiro atoms. The summed E-state index contributed by atoms with van der Waals surface area (Å²) in [6.45, 7) is 2.78. The van der Waals surface area contributed by atoms with Crippen LogP contribution in [0, 0.1) is 5.92 Å². The first kappa shape index (κ1) is 17.6. The average Bonchev–Trinajstić information content (AvgIpc) is 3.15. The number of likely N-dealkylation sites (tertiary alicyclic amines) is 1. The maximum atomic E-state index is 12.3. The molecule has 0 radical (unpaired) electrons. The van der Waals surface area contributed by atoms with Crippen molar-refractivity contribution in [2.75, 3.05) is 26.3 Å². The fourth-order valence-corrected chi connectivity index (χ4v) is 3.49. The summed E-state index contributed by atoms with van der Waals surface area (Å²) in [5.74, 6) is 0.451. The molecule has 0 bridgehead atoms. The van der Waals surface area contributed by atoms with E-state index in [4.69, 9.17) is 9.47 Å². The van der Waals surface area contributed by atoms with Crippen LogP contribution in [-0.4, -0.2) is 49.2 Å². The number of carbonyl (C=O) groups excluding carboxylic acids is 2. The van der Waals surface area contributed by atoms with E-state index >= 15 is 0 Å². The molecule has 5 nitrogen and oxygen atoms in total. The summed E-state index contributed by atoms with van der Waals surface area (Å²) in [6.07, 6.45) is 2.24. The van der Waals surface area contributed by atoms with E-state index < -0.39 is 0 Å². The van der Waals surface area contributed by atoms with Gasteiger partial charge in [-0.15, -0.1) is 0 Å². The molecule has 0 N–H and O–H groups in total. The van der Waals surface area contributed by atoms with Crippen molar-refractivity contribution in [2.45, 2.75) is 32.0 Å². The summed E-state index contributed by atoms with van der Waals surface area (Å²) < 4.78 is 12.0. The molecule has 2 heterocycles. The van der Waals surface area contributed by atoms with Gasteiger partial charge in [0, 0.05) is 41.9 Å². The lowest BCUT2D eigenvalue weighted by Gasteiger charge is -2.33. The van der Waals surface area contributed by atoms with Crippen LogP contribution < -0.4 is 0 Å². The Labute approximate surface area is 150 Å². The number of ketones is 1. The van der Waals surface area contributed by atoms with E-state index in [-0.39, 0.29) is 30.8 Å². The van der Waals surface area contributed by atoms with Crippen LogP contribution in [-0.2, 0) is 14.3 Å². The topological polar surface area (TPSA) is 55.8 Å². The average molecular weight is 396 g/mol. The molecule has 1 aromatic rings. The van der Waals surface area contributed by atoms with E-state index in [1.54, 1.807) is 12.1 Å². The fourth-order valence-electron chi connectivity index (χ4n) is 3.23. The Morgan fingerprint density at radius 1 is 1.04 bits per heavy atom. The molecule has 0 atom stereocenters. The minimum Gasteiger partial charge on any atom is -0.350 e. The summed E-state index contributed by atoms with van der Waals surface area (Å²) in [4.78, 5) is 26.3. The molecule has 6 heteroatoms. The molecule has 24 heavy (non-hydrogen) atoms. The molecule has 0 saturated carbocycles. The second kappa shape index (κ2) is 8.23. The maximum Gasteiger partial charge on any atom is 0.223 e. The SMILES string of the molecule is O=C(CCC(=O)N1CCC(C2OCCO2)CC1)c1ccc(Br)cc1. The number of hydrogen-bond acceptors (Lipinski definition) is 4. The highest BCUT2D eigenvalue weighted by Gasteiger charge is 2.31. The van der Waals surface area contributed by atoms with Gasteiger partial charge in [-0.1, -0.05) is 28.1 Å². The van der Waals surface area contributed by atoms with E-state index in [1.165, 1.54) is 0 Å². The monoisotopic (exact) mass is 395 g/mol. The highest BCUT2D eigenvalue weighted by molar-refractivity contribution is 9.10. The fraction of sp³-hybridized carbons (Fsp3) is 0.556. The first-order chi connectivity index (χ1) is 11.6. The predicted octanol–water partition coefficient (Wildman–Crippen LogP) is 3.02. The first-order valence-corrected chi connectivity index (χ1v) is 9.22. The van der Waals surface area contributed by atoms with Crippen LogP contribution in [0.5, 0.6) is 0 Å². The van der Waals surface area contributed by atoms with E-state index in [1.807, 2.05) is 17.0 Å². The van der Waals surface area contributed by atoms with Gasteiger partial charge in [-0.3, -0.25) is 9.59 Å². The number of piperidine rings is 1. The number of carbonyl (C=O) groups is 2. The second-order valence-corrected chi connectivity index (χ2v) is 7.17. The molecule has 0 aromatic heterocycles. The van der Waals surface area contributed by atoms with Crippen molar-refractivity contribution >= 4 is 27.6 Å². The predicted molar refractivity (Wildman–Crippen MR) is 92.7 cm³/mol. The van der Waals surface area contributed by atoms with Gasteiger partial charge in [0.05, 0.1) is 13.2 Å². The van der Waals surface area contributed by atoms with E-state index in [2.05, 4.69) is 15.9 Å². The Kier molecular flexibility index (Phi) is 6.03. The molecular formula is C18H22BrNO4. The Bertz CT molecular complexity index is 575. The van der Waals surface area contributed by atoms with Crippen molar-refractivity contribution < 1.29 is 19.1 Å². The van der Waals surface area contributed by atoms with Crippen LogP contribution in [0.25, 0.3) is 0 Å². The zero-order valence-electron chi connectivity index (χ0n) is 13.6. The molecule has 130 valence electrons. The molecule has 1 amide bonds. The van der Waals surface area contributed by atoms with Crippen LogP contribution >= 0.6 is 15.9 Å². The summed E-state index contributed by atoms with van der Waals surface area (Å²) in [5, 5.41) is 0. The lowest BCUT2D eigenvalue weighted by Crippen LogP contribution is -2.41. The Morgan fingerprint density at radius 3 is 2.29 bits per heavy atom. The molecule has 0 unspecified atom stereocenters. The zero-order valence-corrected chi connectivity index (χ0v) is 15.2. The van der Waals surface area contributed by atoms with Crippen LogP contribution in [0.4, 0.5) is 0 Å². The maximum absolute atomic E-state index is 12.3. The summed E-state index contributed by atoms with van der Waals surface area (Å²) in [6, 6.07) is 7.24. The standard InChI is InChI=1S/C18H22BrNO4/c19-15-3-1-13(2-4-15)16(21)5-6-17(22)20-9-7-14(8-10-20)18-23-11-12-24-18/h1-4,14,18H,5-12H2. The molecule has 2 fully saturated rings. The molecule has 0 aliphatic carbocycles. The summed E-state index contributed by atoms with van der Waals surface area (Å²) in [7, 11) is 0. The van der Waals surface area contributed by atoms with Crippen molar-refractivity contribution in [3.05, 3.63) is 34.3 Å². The second-order valence-electron chi connectivity index (χ2n) is 6.26. The quantitative estimate of drug-likeness (QED) is 0.718. The molecule has 3 rings (SSSR count). The van der Waals surface area contributed by atoms with Crippen molar-refractivity contribution in [1.82, 2.24) is 4.90 Å². The van der Waals surface area contributed by atoms with Gasteiger partial charge in [-0.05, 0) is 25.0 Å². The minimum absolute atomic E-state index is 0.0125. The van der Waals surface area contributed by atoms with Crippen molar-refractivity contribution in [1.29, 1.82) is 0 Å². The molecule has 1 aromatic carbocycles. The third-order valence-electron chi connectivity index (χ3n) is 4.66. The number of hydrogen-bond donors (Lipinski definition) is 0. The van der Waals surface area contributed by atoms with Crippen molar-refractivity contribution in [3.63, 3.8) is 0 Å². The van der Waals surface area contributed by atoms with Gasteiger partial charge in [0.2, 0.25) is 5.91 Å². The highest BCUT2D eigenvalue weighted by atomic mass is 79.9.